The van der Waals surface area contributed by atoms with Gasteiger partial charge in [-0.3, -0.25) is 0 Å². The molecule has 2 nitrogen and oxygen atoms in total. The molecule has 0 bridgehead atoms. The summed E-state index contributed by atoms with van der Waals surface area (Å²) in [6.45, 7) is 4.07. The molecular weight excluding hydrogens is 233 g/mol. The summed E-state index contributed by atoms with van der Waals surface area (Å²) in [4.78, 5) is 0. The minimum Gasteiger partial charge on any atom is -0.430 e. The second kappa shape index (κ2) is 4.96. The Morgan fingerprint density at radius 3 is 2.29 bits per heavy atom. The van der Waals surface area contributed by atoms with Crippen molar-refractivity contribution >= 4 is 0 Å². The third kappa shape index (κ3) is 3.93. The van der Waals surface area contributed by atoms with Crippen LogP contribution in [0.25, 0.3) is 0 Å². The summed E-state index contributed by atoms with van der Waals surface area (Å²) in [6.07, 6.45) is -4.26. The maximum atomic E-state index is 13.4. The second-order valence-electron chi connectivity index (χ2n) is 4.29. The summed E-state index contributed by atoms with van der Waals surface area (Å²) in [5.74, 6) is -1.53. The number of halogens is 3. The molecule has 1 aromatic carbocycles. The van der Waals surface area contributed by atoms with Gasteiger partial charge in [0.05, 0.1) is 6.10 Å². The van der Waals surface area contributed by atoms with E-state index in [0.29, 0.717) is 12.5 Å². The smallest absolute Gasteiger partial charge is 0.395 e. The first kappa shape index (κ1) is 13.8. The van der Waals surface area contributed by atoms with E-state index in [0.717, 1.165) is 12.1 Å². The number of aliphatic hydroxyl groups is 1. The quantitative estimate of drug-likeness (QED) is 0.883. The molecule has 0 amide bonds. The van der Waals surface area contributed by atoms with Crippen LogP contribution in [-0.4, -0.2) is 11.2 Å². The number of hydrogen-bond acceptors (Lipinski definition) is 2. The maximum Gasteiger partial charge on any atom is 0.395 e. The van der Waals surface area contributed by atoms with Crippen LogP contribution in [-0.2, 0) is 0 Å². The molecule has 0 radical (unpaired) electrons. The summed E-state index contributed by atoms with van der Waals surface area (Å²) in [5, 5.41) is 9.69. The number of ether oxygens (including phenoxy) is 1. The first-order chi connectivity index (χ1) is 7.70. The lowest BCUT2D eigenvalue weighted by Crippen LogP contribution is -2.20. The standard InChI is InChI=1S/C12H15F3O2/c1-7(2)11(16)8-4-5-10(9(13)6-8)17-12(3,14)15/h4-7,11,16H,1-3H3. The van der Waals surface area contributed by atoms with Gasteiger partial charge in [0, 0.05) is 6.92 Å². The minimum atomic E-state index is -3.43. The van der Waals surface area contributed by atoms with E-state index in [2.05, 4.69) is 4.74 Å². The van der Waals surface area contributed by atoms with Gasteiger partial charge in [0.2, 0.25) is 0 Å². The molecule has 0 aliphatic rings. The van der Waals surface area contributed by atoms with Gasteiger partial charge in [0.25, 0.3) is 0 Å². The highest BCUT2D eigenvalue weighted by Gasteiger charge is 2.25. The largest absolute Gasteiger partial charge is 0.430 e. The van der Waals surface area contributed by atoms with Crippen molar-refractivity contribution in [3.8, 4) is 5.75 Å². The number of alkyl halides is 2. The van der Waals surface area contributed by atoms with E-state index in [9.17, 15) is 18.3 Å². The zero-order valence-corrected chi connectivity index (χ0v) is 9.88. The number of aliphatic hydroxyl groups excluding tert-OH is 1. The Bertz CT molecular complexity index is 386. The Kier molecular flexibility index (Phi) is 4.03. The van der Waals surface area contributed by atoms with Crippen LogP contribution in [0.2, 0.25) is 0 Å². The molecule has 0 saturated carbocycles. The molecule has 0 fully saturated rings. The molecule has 5 heteroatoms. The van der Waals surface area contributed by atoms with Gasteiger partial charge < -0.3 is 9.84 Å². The molecule has 17 heavy (non-hydrogen) atoms. The predicted molar refractivity (Wildman–Crippen MR) is 57.4 cm³/mol. The second-order valence-corrected chi connectivity index (χ2v) is 4.29. The fourth-order valence-electron chi connectivity index (χ4n) is 1.36. The van der Waals surface area contributed by atoms with Gasteiger partial charge in [0.15, 0.2) is 11.6 Å². The molecule has 0 spiro atoms. The fourth-order valence-corrected chi connectivity index (χ4v) is 1.36. The van der Waals surface area contributed by atoms with Crippen molar-refractivity contribution in [1.29, 1.82) is 0 Å². The van der Waals surface area contributed by atoms with E-state index in [1.807, 2.05) is 0 Å². The van der Waals surface area contributed by atoms with E-state index in [1.165, 1.54) is 6.07 Å². The van der Waals surface area contributed by atoms with Crippen LogP contribution in [0.5, 0.6) is 5.75 Å². The lowest BCUT2D eigenvalue weighted by atomic mass is 9.99. The van der Waals surface area contributed by atoms with Gasteiger partial charge in [0.1, 0.15) is 0 Å². The molecule has 1 unspecified atom stereocenters. The summed E-state index contributed by atoms with van der Waals surface area (Å²) in [7, 11) is 0. The Labute approximate surface area is 98.0 Å². The Morgan fingerprint density at radius 1 is 1.29 bits per heavy atom. The molecule has 1 atom stereocenters. The van der Waals surface area contributed by atoms with E-state index < -0.39 is 23.8 Å². The van der Waals surface area contributed by atoms with Crippen LogP contribution < -0.4 is 4.74 Å². The molecule has 1 aromatic rings. The van der Waals surface area contributed by atoms with E-state index in [1.54, 1.807) is 13.8 Å². The predicted octanol–water partition coefficient (Wildman–Crippen LogP) is 3.51. The van der Waals surface area contributed by atoms with Gasteiger partial charge in [-0.05, 0) is 23.6 Å². The van der Waals surface area contributed by atoms with Crippen molar-refractivity contribution in [2.24, 2.45) is 5.92 Å². The SMILES string of the molecule is CC(C)C(O)c1ccc(OC(C)(F)F)c(F)c1. The van der Waals surface area contributed by atoms with E-state index in [-0.39, 0.29) is 5.92 Å². The fraction of sp³-hybridized carbons (Fsp3) is 0.500. The molecule has 0 aliphatic carbocycles. The average molecular weight is 248 g/mol. The highest BCUT2D eigenvalue weighted by atomic mass is 19.3. The normalized spacial score (nSPS) is 13.9. The van der Waals surface area contributed by atoms with Crippen LogP contribution in [0.3, 0.4) is 0 Å². The number of hydrogen-bond donors (Lipinski definition) is 1. The Balaban J connectivity index is 2.94. The van der Waals surface area contributed by atoms with Crippen molar-refractivity contribution < 1.29 is 23.0 Å². The lowest BCUT2D eigenvalue weighted by molar-refractivity contribution is -0.160. The summed E-state index contributed by atoms with van der Waals surface area (Å²) in [5.41, 5.74) is 0.337. The van der Waals surface area contributed by atoms with E-state index >= 15 is 0 Å². The van der Waals surface area contributed by atoms with Crippen molar-refractivity contribution in [2.45, 2.75) is 33.0 Å². The Hall–Kier alpha value is -1.23. The van der Waals surface area contributed by atoms with Gasteiger partial charge in [-0.25, -0.2) is 4.39 Å². The average Bonchev–Trinajstić information content (AvgIpc) is 2.18. The van der Waals surface area contributed by atoms with E-state index in [4.69, 9.17) is 0 Å². The van der Waals surface area contributed by atoms with Crippen molar-refractivity contribution in [3.05, 3.63) is 29.6 Å². The zero-order valence-electron chi connectivity index (χ0n) is 9.88. The van der Waals surface area contributed by atoms with Crippen molar-refractivity contribution in [3.63, 3.8) is 0 Å². The minimum absolute atomic E-state index is 0.0891. The Morgan fingerprint density at radius 2 is 1.88 bits per heavy atom. The van der Waals surface area contributed by atoms with Crippen molar-refractivity contribution in [2.75, 3.05) is 0 Å². The van der Waals surface area contributed by atoms with Crippen LogP contribution >= 0.6 is 0 Å². The van der Waals surface area contributed by atoms with Crippen molar-refractivity contribution in [1.82, 2.24) is 0 Å². The van der Waals surface area contributed by atoms with Crippen LogP contribution in [0.15, 0.2) is 18.2 Å². The molecule has 1 N–H and O–H groups in total. The summed E-state index contributed by atoms with van der Waals surface area (Å²) >= 11 is 0. The van der Waals surface area contributed by atoms with Gasteiger partial charge in [-0.1, -0.05) is 19.9 Å². The van der Waals surface area contributed by atoms with Crippen LogP contribution in [0.4, 0.5) is 13.2 Å². The molecule has 0 saturated heterocycles. The highest BCUT2D eigenvalue weighted by molar-refractivity contribution is 5.30. The van der Waals surface area contributed by atoms with Gasteiger partial charge >= 0.3 is 6.11 Å². The molecule has 0 heterocycles. The third-order valence-corrected chi connectivity index (χ3v) is 2.22. The van der Waals surface area contributed by atoms with Gasteiger partial charge in [-0.15, -0.1) is 0 Å². The zero-order chi connectivity index (χ0) is 13.2. The van der Waals surface area contributed by atoms with Gasteiger partial charge in [-0.2, -0.15) is 8.78 Å². The molecular formula is C12H15F3O2. The first-order valence-electron chi connectivity index (χ1n) is 5.25. The molecule has 0 aromatic heterocycles. The third-order valence-electron chi connectivity index (χ3n) is 2.22. The summed E-state index contributed by atoms with van der Waals surface area (Å²) < 4.78 is 42.6. The highest BCUT2D eigenvalue weighted by Crippen LogP contribution is 2.28. The molecule has 1 rings (SSSR count). The molecule has 96 valence electrons. The first-order valence-corrected chi connectivity index (χ1v) is 5.25. The maximum absolute atomic E-state index is 13.4. The lowest BCUT2D eigenvalue weighted by Gasteiger charge is -2.17. The van der Waals surface area contributed by atoms with Crippen LogP contribution in [0.1, 0.15) is 32.4 Å². The molecule has 0 aliphatic heterocycles. The van der Waals surface area contributed by atoms with Crippen LogP contribution in [0, 0.1) is 11.7 Å². The topological polar surface area (TPSA) is 29.5 Å². The monoisotopic (exact) mass is 248 g/mol. The number of rotatable bonds is 4. The number of benzene rings is 1. The summed E-state index contributed by atoms with van der Waals surface area (Å²) in [6, 6.07) is 3.47.